The Morgan fingerprint density at radius 1 is 1.42 bits per heavy atom. The topological polar surface area (TPSA) is 69.9 Å². The Balaban J connectivity index is 1.97. The number of nitrogens with zero attached hydrogens (tertiary/aromatic N) is 5. The summed E-state index contributed by atoms with van der Waals surface area (Å²) in [4.78, 5) is 4.56. The first-order valence-corrected chi connectivity index (χ1v) is 12.3. The molecule has 7 nitrogen and oxygen atoms in total. The number of nitriles is 1. The summed E-state index contributed by atoms with van der Waals surface area (Å²) in [6.45, 7) is 12.1. The Labute approximate surface area is 201 Å². The van der Waals surface area contributed by atoms with E-state index in [4.69, 9.17) is 6.42 Å². The molecule has 2 N–H and O–H groups in total. The van der Waals surface area contributed by atoms with Crippen LogP contribution >= 0.6 is 0 Å². The molecule has 0 spiro atoms. The molecule has 1 fully saturated rings. The highest BCUT2D eigenvalue weighted by atomic mass is 15.7. The lowest BCUT2D eigenvalue weighted by molar-refractivity contribution is 0.103. The van der Waals surface area contributed by atoms with Gasteiger partial charge in [-0.2, -0.15) is 15.5 Å². The molecule has 1 saturated heterocycles. The average Bonchev–Trinajstić information content (AvgIpc) is 2.91. The second-order valence-electron chi connectivity index (χ2n) is 9.87. The van der Waals surface area contributed by atoms with Crippen LogP contribution in [0.1, 0.15) is 66.2 Å². The van der Waals surface area contributed by atoms with Gasteiger partial charge in [0.1, 0.15) is 0 Å². The Morgan fingerprint density at radius 2 is 2.21 bits per heavy atom. The monoisotopic (exact) mass is 453 g/mol. The molecule has 3 atom stereocenters. The highest BCUT2D eigenvalue weighted by molar-refractivity contribution is 5.57. The van der Waals surface area contributed by atoms with Crippen LogP contribution in [-0.4, -0.2) is 65.6 Å². The average molecular weight is 454 g/mol. The van der Waals surface area contributed by atoms with Crippen LogP contribution in [0.2, 0.25) is 0 Å². The summed E-state index contributed by atoms with van der Waals surface area (Å²) >= 11 is 0. The lowest BCUT2D eigenvalue weighted by Crippen LogP contribution is -2.51. The molecular formula is C26H43N7. The van der Waals surface area contributed by atoms with Gasteiger partial charge < -0.3 is 15.1 Å². The molecule has 0 aliphatic carbocycles. The number of allylic oxidation sites excluding steroid dienone is 2. The van der Waals surface area contributed by atoms with E-state index >= 15 is 0 Å². The lowest BCUT2D eigenvalue weighted by Gasteiger charge is -2.38. The third-order valence-corrected chi connectivity index (χ3v) is 6.53. The maximum atomic E-state index is 9.37. The third kappa shape index (κ3) is 8.76. The molecule has 0 aromatic rings. The molecule has 2 heterocycles. The van der Waals surface area contributed by atoms with Crippen molar-refractivity contribution in [3.63, 3.8) is 0 Å². The van der Waals surface area contributed by atoms with Gasteiger partial charge in [-0.1, -0.05) is 31.8 Å². The van der Waals surface area contributed by atoms with Gasteiger partial charge in [0.15, 0.2) is 6.17 Å². The van der Waals surface area contributed by atoms with Crippen LogP contribution < -0.4 is 10.7 Å². The molecule has 0 saturated carbocycles. The normalized spacial score (nSPS) is 26.0. The van der Waals surface area contributed by atoms with Gasteiger partial charge in [-0.05, 0) is 77.9 Å². The molecule has 2 aliphatic rings. The largest absolute Gasteiger partial charge is 0.355 e. The van der Waals surface area contributed by atoms with Crippen molar-refractivity contribution < 1.29 is 0 Å². The Bertz CT molecular complexity index is 770. The van der Waals surface area contributed by atoms with Crippen molar-refractivity contribution >= 4 is 6.21 Å². The molecule has 0 radical (unpaired) electrons. The molecule has 0 amide bonds. The zero-order valence-electron chi connectivity index (χ0n) is 21.2. The zero-order chi connectivity index (χ0) is 24.3. The molecule has 2 aliphatic heterocycles. The van der Waals surface area contributed by atoms with E-state index < -0.39 is 0 Å². The SMILES string of the molecule is C#CNN(/N=C\CCN1CCC(CCCC)NC(C)(C)CC1)C1C=C(C)C(C#N)C=CN1C. The van der Waals surface area contributed by atoms with Crippen molar-refractivity contribution in [3.8, 4) is 18.5 Å². The van der Waals surface area contributed by atoms with E-state index in [2.05, 4.69) is 53.6 Å². The molecule has 3 unspecified atom stereocenters. The Morgan fingerprint density at radius 3 is 2.91 bits per heavy atom. The summed E-state index contributed by atoms with van der Waals surface area (Å²) in [6, 6.07) is 5.39. The first-order chi connectivity index (χ1) is 15.8. The van der Waals surface area contributed by atoms with Crippen LogP contribution in [0, 0.1) is 29.7 Å². The number of nitrogens with one attached hydrogen (secondary N) is 2. The number of rotatable bonds is 9. The molecule has 33 heavy (non-hydrogen) atoms. The molecule has 7 heteroatoms. The Hall–Kier alpha value is -2.48. The number of likely N-dealkylation sites (N-methyl/N-ethyl adjacent to an activating group) is 1. The fraction of sp³-hybridized carbons (Fsp3) is 0.692. The first-order valence-electron chi connectivity index (χ1n) is 12.3. The second kappa shape index (κ2) is 13.3. The third-order valence-electron chi connectivity index (χ3n) is 6.53. The molecule has 0 bridgehead atoms. The van der Waals surface area contributed by atoms with Crippen LogP contribution in [0.25, 0.3) is 0 Å². The number of hydrazone groups is 1. The number of hydrogen-bond acceptors (Lipinski definition) is 7. The first kappa shape index (κ1) is 26.8. The van der Waals surface area contributed by atoms with Crippen LogP contribution in [0.3, 0.4) is 0 Å². The minimum atomic E-state index is -0.235. The summed E-state index contributed by atoms with van der Waals surface area (Å²) < 4.78 is 0. The predicted molar refractivity (Wildman–Crippen MR) is 137 cm³/mol. The summed E-state index contributed by atoms with van der Waals surface area (Å²) in [7, 11) is 1.95. The van der Waals surface area contributed by atoms with Gasteiger partial charge in [0.2, 0.25) is 0 Å². The van der Waals surface area contributed by atoms with Crippen LogP contribution in [0.5, 0.6) is 0 Å². The number of hydrazine groups is 1. The van der Waals surface area contributed by atoms with Crippen LogP contribution in [0.15, 0.2) is 29.0 Å². The van der Waals surface area contributed by atoms with E-state index in [1.165, 1.54) is 25.7 Å². The van der Waals surface area contributed by atoms with Crippen LogP contribution in [-0.2, 0) is 0 Å². The molecule has 182 valence electrons. The Kier molecular flexibility index (Phi) is 10.8. The number of terminal acetylenes is 1. The van der Waals surface area contributed by atoms with E-state index in [1.54, 1.807) is 5.12 Å². The van der Waals surface area contributed by atoms with Gasteiger partial charge in [0, 0.05) is 37.4 Å². The van der Waals surface area contributed by atoms with Gasteiger partial charge in [0.05, 0.1) is 12.0 Å². The van der Waals surface area contributed by atoms with Crippen molar-refractivity contribution in [2.24, 2.45) is 11.0 Å². The smallest absolute Gasteiger partial charge is 0.159 e. The highest BCUT2D eigenvalue weighted by Gasteiger charge is 2.26. The minimum Gasteiger partial charge on any atom is -0.355 e. The quantitative estimate of drug-likeness (QED) is 0.183. The summed E-state index contributed by atoms with van der Waals surface area (Å²) in [5, 5.41) is 19.6. The fourth-order valence-corrected chi connectivity index (χ4v) is 4.40. The maximum Gasteiger partial charge on any atom is 0.159 e. The van der Waals surface area contributed by atoms with Crippen molar-refractivity contribution in [3.05, 3.63) is 23.9 Å². The highest BCUT2D eigenvalue weighted by Crippen LogP contribution is 2.20. The standard InChI is InChI=1S/C26H43N7/c1-7-9-11-24-13-18-32(19-14-26(4,5)30-24)16-10-15-29-33(28-8-2)25-20-22(3)23(21-27)12-17-31(25)6/h2,12,15,17,20,23-25,28,30H,7,9-11,13-14,16,18-19H2,1,3-6H3/b29-15-. The van der Waals surface area contributed by atoms with E-state index in [0.717, 1.165) is 38.0 Å². The summed E-state index contributed by atoms with van der Waals surface area (Å²) in [5.74, 6) is -0.235. The zero-order valence-corrected chi connectivity index (χ0v) is 21.2. The van der Waals surface area contributed by atoms with Crippen LogP contribution in [0.4, 0.5) is 0 Å². The van der Waals surface area contributed by atoms with Crippen molar-refractivity contribution in [2.75, 3.05) is 26.7 Å². The van der Waals surface area contributed by atoms with Gasteiger partial charge in [-0.15, -0.1) is 0 Å². The van der Waals surface area contributed by atoms with Gasteiger partial charge in [-0.25, -0.2) is 5.43 Å². The minimum absolute atomic E-state index is 0.168. The predicted octanol–water partition coefficient (Wildman–Crippen LogP) is 3.65. The summed E-state index contributed by atoms with van der Waals surface area (Å²) in [6.07, 6.45) is 20.1. The van der Waals surface area contributed by atoms with E-state index in [-0.39, 0.29) is 17.6 Å². The number of hydrogen-bond donors (Lipinski definition) is 2. The summed E-state index contributed by atoms with van der Waals surface area (Å²) in [5.41, 5.74) is 4.05. The van der Waals surface area contributed by atoms with Crippen molar-refractivity contribution in [1.29, 1.82) is 5.26 Å². The van der Waals surface area contributed by atoms with E-state index in [0.29, 0.717) is 6.04 Å². The number of unbranched alkanes of at least 4 members (excludes halogenated alkanes) is 1. The molecule has 2 rings (SSSR count). The van der Waals surface area contributed by atoms with Crippen molar-refractivity contribution in [1.82, 2.24) is 25.7 Å². The fourth-order valence-electron chi connectivity index (χ4n) is 4.40. The van der Waals surface area contributed by atoms with E-state index in [9.17, 15) is 5.26 Å². The second-order valence-corrected chi connectivity index (χ2v) is 9.87. The molecule has 0 aromatic carbocycles. The maximum absolute atomic E-state index is 9.37. The van der Waals surface area contributed by atoms with Gasteiger partial charge >= 0.3 is 0 Å². The molecular weight excluding hydrogens is 410 g/mol. The van der Waals surface area contributed by atoms with Gasteiger partial charge in [-0.3, -0.25) is 0 Å². The lowest BCUT2D eigenvalue weighted by atomic mass is 9.94. The molecule has 0 aromatic heterocycles. The van der Waals surface area contributed by atoms with Gasteiger partial charge in [0.25, 0.3) is 0 Å². The van der Waals surface area contributed by atoms with E-state index in [1.807, 2.05) is 43.4 Å². The van der Waals surface area contributed by atoms with Crippen molar-refractivity contribution in [2.45, 2.75) is 84.0 Å².